The minimum atomic E-state index is -1.02. The Balaban J connectivity index is 2.55. The number of aryl methyl sites for hydroxylation is 2. The number of alkyl carbamates (subject to hydrolysis) is 1. The Morgan fingerprint density at radius 1 is 0.947 bits per heavy atom. The van der Waals surface area contributed by atoms with Gasteiger partial charge in [0.25, 0.3) is 5.91 Å². The Bertz CT molecular complexity index is 1100. The number of nitrogens with zero attached hydrogens (tertiary/aromatic N) is 1. The van der Waals surface area contributed by atoms with E-state index in [1.807, 2.05) is 59.7 Å². The van der Waals surface area contributed by atoms with Crippen LogP contribution < -0.4 is 10.6 Å². The van der Waals surface area contributed by atoms with Crippen molar-refractivity contribution >= 4 is 23.6 Å². The van der Waals surface area contributed by atoms with Crippen molar-refractivity contribution < 1.29 is 24.2 Å². The van der Waals surface area contributed by atoms with Crippen LogP contribution in [0.1, 0.15) is 77.6 Å². The van der Waals surface area contributed by atoms with Crippen molar-refractivity contribution in [3.05, 3.63) is 59.2 Å². The average Bonchev–Trinajstić information content (AvgIpc) is 2.78. The summed E-state index contributed by atoms with van der Waals surface area (Å²) < 4.78 is 5.42. The van der Waals surface area contributed by atoms with E-state index in [2.05, 4.69) is 10.6 Å². The molecule has 0 heterocycles. The molecule has 0 fully saturated rings. The van der Waals surface area contributed by atoms with Gasteiger partial charge in [-0.1, -0.05) is 44.2 Å². The van der Waals surface area contributed by atoms with Gasteiger partial charge in [-0.25, -0.2) is 4.79 Å². The van der Waals surface area contributed by atoms with Crippen LogP contribution in [0.3, 0.4) is 0 Å². The highest BCUT2D eigenvalue weighted by atomic mass is 16.6. The molecule has 2 rings (SSSR count). The van der Waals surface area contributed by atoms with E-state index in [1.165, 1.54) is 17.0 Å². The molecule has 208 valence electrons. The molecule has 38 heavy (non-hydrogen) atoms. The van der Waals surface area contributed by atoms with Crippen molar-refractivity contribution in [3.8, 4) is 5.75 Å². The molecule has 8 nitrogen and oxygen atoms in total. The number of phenols is 1. The molecule has 0 radical (unpaired) electrons. The number of phenolic OH excluding ortho intramolecular Hbond substituents is 1. The minimum absolute atomic E-state index is 0.0503. The number of rotatable bonds is 9. The number of nitrogens with one attached hydrogen (secondary N) is 2. The molecule has 0 saturated heterocycles. The molecule has 0 aliphatic heterocycles. The highest BCUT2D eigenvalue weighted by Crippen LogP contribution is 2.30. The molecule has 8 heteroatoms. The Morgan fingerprint density at radius 2 is 1.50 bits per heavy atom. The summed E-state index contributed by atoms with van der Waals surface area (Å²) in [5.74, 6) is -0.650. The predicted octanol–water partition coefficient (Wildman–Crippen LogP) is 5.87. The van der Waals surface area contributed by atoms with Crippen LogP contribution in [0.25, 0.3) is 0 Å². The lowest BCUT2D eigenvalue weighted by atomic mass is 9.97. The molecule has 3 amide bonds. The summed E-state index contributed by atoms with van der Waals surface area (Å²) >= 11 is 0. The number of ether oxygens (including phenoxy) is 1. The third-order valence-electron chi connectivity index (χ3n) is 5.97. The molecule has 0 aromatic heterocycles. The third kappa shape index (κ3) is 8.50. The van der Waals surface area contributed by atoms with Gasteiger partial charge in [0.2, 0.25) is 5.91 Å². The molecule has 0 aliphatic carbocycles. The van der Waals surface area contributed by atoms with Crippen LogP contribution in [-0.4, -0.2) is 45.6 Å². The summed E-state index contributed by atoms with van der Waals surface area (Å²) in [5.41, 5.74) is 2.29. The van der Waals surface area contributed by atoms with E-state index in [0.29, 0.717) is 17.7 Å². The van der Waals surface area contributed by atoms with Gasteiger partial charge in [0, 0.05) is 11.7 Å². The minimum Gasteiger partial charge on any atom is -0.508 e. The maximum atomic E-state index is 14.1. The first-order valence-electron chi connectivity index (χ1n) is 13.1. The summed E-state index contributed by atoms with van der Waals surface area (Å²) in [6.45, 7) is 16.7. The molecule has 3 N–H and O–H groups in total. The van der Waals surface area contributed by atoms with E-state index in [4.69, 9.17) is 4.74 Å². The van der Waals surface area contributed by atoms with Crippen LogP contribution in [0.5, 0.6) is 5.75 Å². The third-order valence-corrected chi connectivity index (χ3v) is 5.97. The van der Waals surface area contributed by atoms with Gasteiger partial charge < -0.3 is 25.4 Å². The van der Waals surface area contributed by atoms with Crippen molar-refractivity contribution in [2.45, 2.75) is 92.5 Å². The molecule has 0 bridgehead atoms. The fourth-order valence-corrected chi connectivity index (χ4v) is 4.30. The Labute approximate surface area is 226 Å². The number of carbonyl (C=O) groups excluding carboxylic acids is 3. The number of hydrogen-bond donors (Lipinski definition) is 3. The maximum absolute atomic E-state index is 14.1. The molecule has 0 aliphatic rings. The van der Waals surface area contributed by atoms with E-state index < -0.39 is 35.6 Å². The van der Waals surface area contributed by atoms with Gasteiger partial charge >= 0.3 is 6.09 Å². The molecule has 2 aromatic carbocycles. The number of benzene rings is 2. The molecule has 2 unspecified atom stereocenters. The molecule has 2 atom stereocenters. The number of hydrogen-bond acceptors (Lipinski definition) is 5. The van der Waals surface area contributed by atoms with Crippen LogP contribution >= 0.6 is 0 Å². The van der Waals surface area contributed by atoms with E-state index in [-0.39, 0.29) is 17.7 Å². The van der Waals surface area contributed by atoms with Crippen LogP contribution in [-0.2, 0) is 14.3 Å². The second kappa shape index (κ2) is 12.8. The van der Waals surface area contributed by atoms with E-state index in [1.54, 1.807) is 32.9 Å². The zero-order valence-corrected chi connectivity index (χ0v) is 24.1. The zero-order chi connectivity index (χ0) is 28.8. The van der Waals surface area contributed by atoms with Gasteiger partial charge in [0.15, 0.2) is 0 Å². The number of para-hydroxylation sites is 1. The lowest BCUT2D eigenvalue weighted by Gasteiger charge is -2.37. The monoisotopic (exact) mass is 525 g/mol. The summed E-state index contributed by atoms with van der Waals surface area (Å²) in [6.07, 6.45) is -0.330. The second-order valence-electron chi connectivity index (χ2n) is 11.4. The smallest absolute Gasteiger partial charge is 0.408 e. The second-order valence-corrected chi connectivity index (χ2v) is 11.4. The van der Waals surface area contributed by atoms with Gasteiger partial charge in [-0.15, -0.1) is 0 Å². The normalized spacial score (nSPS) is 13.1. The summed E-state index contributed by atoms with van der Waals surface area (Å²) in [4.78, 5) is 42.2. The first-order valence-corrected chi connectivity index (χ1v) is 13.1. The van der Waals surface area contributed by atoms with E-state index in [0.717, 1.165) is 11.1 Å². The van der Waals surface area contributed by atoms with Gasteiger partial charge in [-0.2, -0.15) is 0 Å². The fraction of sp³-hybridized carbons (Fsp3) is 0.500. The summed E-state index contributed by atoms with van der Waals surface area (Å²) in [5, 5.41) is 15.6. The first kappa shape index (κ1) is 30.7. The number of amides is 3. The van der Waals surface area contributed by atoms with Crippen LogP contribution in [0.2, 0.25) is 0 Å². The zero-order valence-electron chi connectivity index (χ0n) is 24.1. The largest absolute Gasteiger partial charge is 0.508 e. The molecule has 0 saturated carbocycles. The number of anilines is 1. The fourth-order valence-electron chi connectivity index (χ4n) is 4.30. The van der Waals surface area contributed by atoms with E-state index >= 15 is 0 Å². The number of aromatic hydroxyl groups is 1. The Kier molecular flexibility index (Phi) is 10.3. The van der Waals surface area contributed by atoms with Crippen molar-refractivity contribution in [1.82, 2.24) is 10.2 Å². The first-order chi connectivity index (χ1) is 17.6. The summed E-state index contributed by atoms with van der Waals surface area (Å²) in [6, 6.07) is 9.67. The highest BCUT2D eigenvalue weighted by molar-refractivity contribution is 6.00. The lowest BCUT2D eigenvalue weighted by Crippen LogP contribution is -2.54. The molecule has 2 aromatic rings. The molecular formula is C30H43N3O5. The standard InChI is InChI=1S/C30H43N3O5/c1-18(2)17-24(31-29(37)38-30(7,8)9)28(36)33(19(3)4)26(22-13-15-23(34)16-14-22)27(35)32-25-20(5)11-10-12-21(25)6/h10-16,18-19,24,26,34H,17H2,1-9H3,(H,31,37)(H,32,35). The number of carbonyl (C=O) groups is 3. The van der Waals surface area contributed by atoms with Crippen molar-refractivity contribution in [2.75, 3.05) is 5.32 Å². The SMILES string of the molecule is Cc1cccc(C)c1NC(=O)C(c1ccc(O)cc1)N(C(=O)C(CC(C)C)NC(=O)OC(C)(C)C)C(C)C. The Morgan fingerprint density at radius 3 is 1.97 bits per heavy atom. The van der Waals surface area contributed by atoms with Crippen molar-refractivity contribution in [1.29, 1.82) is 0 Å². The Hall–Kier alpha value is -3.55. The van der Waals surface area contributed by atoms with Crippen LogP contribution in [0.4, 0.5) is 10.5 Å². The topological polar surface area (TPSA) is 108 Å². The quantitative estimate of drug-likeness (QED) is 0.380. The van der Waals surface area contributed by atoms with Gasteiger partial charge in [0.1, 0.15) is 23.4 Å². The van der Waals surface area contributed by atoms with Crippen molar-refractivity contribution in [2.24, 2.45) is 5.92 Å². The van der Waals surface area contributed by atoms with Crippen LogP contribution in [0, 0.1) is 19.8 Å². The van der Waals surface area contributed by atoms with E-state index in [9.17, 15) is 19.5 Å². The average molecular weight is 526 g/mol. The maximum Gasteiger partial charge on any atom is 0.408 e. The van der Waals surface area contributed by atoms with Crippen molar-refractivity contribution in [3.63, 3.8) is 0 Å². The molecular weight excluding hydrogens is 482 g/mol. The lowest BCUT2D eigenvalue weighted by molar-refractivity contribution is -0.143. The highest BCUT2D eigenvalue weighted by Gasteiger charge is 2.38. The van der Waals surface area contributed by atoms with Gasteiger partial charge in [-0.3, -0.25) is 9.59 Å². The van der Waals surface area contributed by atoms with Gasteiger partial charge in [0.05, 0.1) is 0 Å². The predicted molar refractivity (Wildman–Crippen MR) is 150 cm³/mol. The molecule has 0 spiro atoms. The van der Waals surface area contributed by atoms with Gasteiger partial charge in [-0.05, 0) is 89.6 Å². The van der Waals surface area contributed by atoms with Crippen LogP contribution in [0.15, 0.2) is 42.5 Å². The summed E-state index contributed by atoms with van der Waals surface area (Å²) in [7, 11) is 0.